The van der Waals surface area contributed by atoms with E-state index in [1.807, 2.05) is 79.0 Å². The van der Waals surface area contributed by atoms with Crippen LogP contribution in [0.25, 0.3) is 33.8 Å². The predicted molar refractivity (Wildman–Crippen MR) is 100 cm³/mol. The monoisotopic (exact) mass is 324 g/mol. The van der Waals surface area contributed by atoms with Gasteiger partial charge in [-0.1, -0.05) is 60.7 Å². The molecule has 3 nitrogen and oxygen atoms in total. The maximum absolute atomic E-state index is 9.59. The zero-order valence-electron chi connectivity index (χ0n) is 13.5. The van der Waals surface area contributed by atoms with Crippen LogP contribution in [-0.2, 0) is 0 Å². The maximum atomic E-state index is 9.59. The lowest BCUT2D eigenvalue weighted by molar-refractivity contribution is 0.475. The van der Waals surface area contributed by atoms with Gasteiger partial charge in [0.05, 0.1) is 23.3 Å². The van der Waals surface area contributed by atoms with Gasteiger partial charge in [-0.2, -0.15) is 0 Å². The zero-order valence-corrected chi connectivity index (χ0v) is 13.5. The Bertz CT molecular complexity index is 981. The minimum Gasteiger partial charge on any atom is -0.508 e. The number of hydrogen-bond donors (Lipinski definition) is 1. The van der Waals surface area contributed by atoms with Gasteiger partial charge in [-0.15, -0.1) is 0 Å². The average Bonchev–Trinajstić information content (AvgIpc) is 2.69. The first kappa shape index (κ1) is 15.1. The van der Waals surface area contributed by atoms with Crippen LogP contribution in [0, 0.1) is 0 Å². The predicted octanol–water partition coefficient (Wildman–Crippen LogP) is 5.18. The highest BCUT2D eigenvalue weighted by Gasteiger charge is 2.13. The Balaban J connectivity index is 1.91. The van der Waals surface area contributed by atoms with Crippen LogP contribution < -0.4 is 0 Å². The van der Waals surface area contributed by atoms with E-state index >= 15 is 0 Å². The van der Waals surface area contributed by atoms with Gasteiger partial charge in [0.2, 0.25) is 0 Å². The summed E-state index contributed by atoms with van der Waals surface area (Å²) in [6.07, 6.45) is 1.81. The van der Waals surface area contributed by atoms with Crippen LogP contribution in [0.15, 0.2) is 91.1 Å². The summed E-state index contributed by atoms with van der Waals surface area (Å²) < 4.78 is 0. The van der Waals surface area contributed by atoms with E-state index < -0.39 is 0 Å². The number of hydrogen-bond acceptors (Lipinski definition) is 3. The van der Waals surface area contributed by atoms with Gasteiger partial charge in [0.25, 0.3) is 0 Å². The first-order valence-electron chi connectivity index (χ1n) is 8.08. The van der Waals surface area contributed by atoms with E-state index in [-0.39, 0.29) is 5.75 Å². The minimum absolute atomic E-state index is 0.234. The smallest absolute Gasteiger partial charge is 0.115 e. The van der Waals surface area contributed by atoms with Crippen molar-refractivity contribution in [1.29, 1.82) is 0 Å². The normalized spacial score (nSPS) is 10.6. The molecule has 0 spiro atoms. The second-order valence-electron chi connectivity index (χ2n) is 5.73. The molecule has 0 fully saturated rings. The van der Waals surface area contributed by atoms with Crippen molar-refractivity contribution in [1.82, 2.24) is 9.97 Å². The van der Waals surface area contributed by atoms with Crippen molar-refractivity contribution in [3.63, 3.8) is 0 Å². The molecule has 0 amide bonds. The number of rotatable bonds is 3. The van der Waals surface area contributed by atoms with Gasteiger partial charge >= 0.3 is 0 Å². The molecule has 3 heteroatoms. The maximum Gasteiger partial charge on any atom is 0.115 e. The summed E-state index contributed by atoms with van der Waals surface area (Å²) in [4.78, 5) is 9.57. The van der Waals surface area contributed by atoms with E-state index in [1.165, 1.54) is 0 Å². The fourth-order valence-corrected chi connectivity index (χ4v) is 2.76. The number of nitrogens with zero attached hydrogens (tertiary/aromatic N) is 2. The van der Waals surface area contributed by atoms with Crippen molar-refractivity contribution in [3.05, 3.63) is 91.1 Å². The first-order chi connectivity index (χ1) is 12.3. The molecule has 1 heterocycles. The van der Waals surface area contributed by atoms with Gasteiger partial charge in [-0.25, -0.2) is 4.98 Å². The molecule has 0 aliphatic heterocycles. The van der Waals surface area contributed by atoms with E-state index in [0.29, 0.717) is 0 Å². The van der Waals surface area contributed by atoms with Gasteiger partial charge in [-0.05, 0) is 24.3 Å². The molecule has 0 unspecified atom stereocenters. The Morgan fingerprint density at radius 2 is 1.12 bits per heavy atom. The molecule has 1 aromatic heterocycles. The summed E-state index contributed by atoms with van der Waals surface area (Å²) >= 11 is 0. The Morgan fingerprint density at radius 3 is 1.76 bits per heavy atom. The molecule has 0 aliphatic carbocycles. The van der Waals surface area contributed by atoms with E-state index in [1.54, 1.807) is 12.1 Å². The largest absolute Gasteiger partial charge is 0.508 e. The van der Waals surface area contributed by atoms with Crippen LogP contribution in [0.1, 0.15) is 0 Å². The highest BCUT2D eigenvalue weighted by atomic mass is 16.3. The molecule has 25 heavy (non-hydrogen) atoms. The summed E-state index contributed by atoms with van der Waals surface area (Å²) in [5, 5.41) is 9.59. The molecule has 0 atom stereocenters. The molecule has 0 saturated heterocycles. The van der Waals surface area contributed by atoms with Gasteiger partial charge in [0, 0.05) is 16.7 Å². The Labute approximate surface area is 146 Å². The minimum atomic E-state index is 0.234. The van der Waals surface area contributed by atoms with Gasteiger partial charge in [0.1, 0.15) is 5.75 Å². The quantitative estimate of drug-likeness (QED) is 0.564. The lowest BCUT2D eigenvalue weighted by Crippen LogP contribution is -1.96. The topological polar surface area (TPSA) is 46.0 Å². The average molecular weight is 324 g/mol. The first-order valence-corrected chi connectivity index (χ1v) is 8.08. The number of phenols is 1. The Hall–Kier alpha value is -3.46. The lowest BCUT2D eigenvalue weighted by Gasteiger charge is -2.11. The second kappa shape index (κ2) is 6.57. The van der Waals surface area contributed by atoms with Gasteiger partial charge < -0.3 is 5.11 Å². The zero-order chi connectivity index (χ0) is 17.1. The van der Waals surface area contributed by atoms with Crippen molar-refractivity contribution in [3.8, 4) is 39.5 Å². The highest BCUT2D eigenvalue weighted by molar-refractivity contribution is 5.79. The fourth-order valence-electron chi connectivity index (χ4n) is 2.76. The summed E-state index contributed by atoms with van der Waals surface area (Å²) in [7, 11) is 0. The third-order valence-electron chi connectivity index (χ3n) is 4.03. The third kappa shape index (κ3) is 3.12. The fraction of sp³-hybridized carbons (Fsp3) is 0. The van der Waals surface area contributed by atoms with Gasteiger partial charge in [0.15, 0.2) is 0 Å². The molecule has 120 valence electrons. The number of aromatic nitrogens is 2. The van der Waals surface area contributed by atoms with Crippen molar-refractivity contribution in [2.75, 3.05) is 0 Å². The molecule has 1 N–H and O–H groups in total. The number of aromatic hydroxyl groups is 1. The summed E-state index contributed by atoms with van der Waals surface area (Å²) in [6, 6.07) is 27.1. The molecule has 0 aliphatic rings. The molecule has 4 rings (SSSR count). The van der Waals surface area contributed by atoms with Crippen LogP contribution in [-0.4, -0.2) is 15.1 Å². The molecule has 4 aromatic rings. The Morgan fingerprint density at radius 1 is 0.560 bits per heavy atom. The molecular formula is C22H16N2O. The SMILES string of the molecule is Oc1ccc(-c2nc(-c3ccccc3)cnc2-c2ccccc2)cc1. The van der Waals surface area contributed by atoms with Crippen molar-refractivity contribution < 1.29 is 5.11 Å². The lowest BCUT2D eigenvalue weighted by atomic mass is 10.0. The van der Waals surface area contributed by atoms with E-state index in [9.17, 15) is 5.11 Å². The van der Waals surface area contributed by atoms with Gasteiger partial charge in [-0.3, -0.25) is 4.98 Å². The molecule has 0 saturated carbocycles. The molecule has 3 aromatic carbocycles. The summed E-state index contributed by atoms with van der Waals surface area (Å²) in [5.74, 6) is 0.234. The van der Waals surface area contributed by atoms with E-state index in [4.69, 9.17) is 9.97 Å². The van der Waals surface area contributed by atoms with Crippen LogP contribution in [0.2, 0.25) is 0 Å². The second-order valence-corrected chi connectivity index (χ2v) is 5.73. The van der Waals surface area contributed by atoms with Crippen molar-refractivity contribution >= 4 is 0 Å². The summed E-state index contributed by atoms with van der Waals surface area (Å²) in [5.41, 5.74) is 5.40. The molecule has 0 radical (unpaired) electrons. The van der Waals surface area contributed by atoms with E-state index in [2.05, 4.69) is 0 Å². The van der Waals surface area contributed by atoms with Crippen molar-refractivity contribution in [2.24, 2.45) is 0 Å². The number of benzene rings is 3. The van der Waals surface area contributed by atoms with Crippen LogP contribution in [0.4, 0.5) is 0 Å². The van der Waals surface area contributed by atoms with E-state index in [0.717, 1.165) is 33.8 Å². The van der Waals surface area contributed by atoms with Crippen LogP contribution in [0.5, 0.6) is 5.75 Å². The number of phenolic OH excluding ortho intramolecular Hbond substituents is 1. The van der Waals surface area contributed by atoms with Crippen LogP contribution in [0.3, 0.4) is 0 Å². The highest BCUT2D eigenvalue weighted by Crippen LogP contribution is 2.31. The summed E-state index contributed by atoms with van der Waals surface area (Å²) in [6.45, 7) is 0. The van der Waals surface area contributed by atoms with Crippen molar-refractivity contribution in [2.45, 2.75) is 0 Å². The third-order valence-corrected chi connectivity index (χ3v) is 4.03. The van der Waals surface area contributed by atoms with Crippen LogP contribution >= 0.6 is 0 Å². The molecular weight excluding hydrogens is 308 g/mol. The Kier molecular flexibility index (Phi) is 3.97. The standard InChI is InChI=1S/C22H16N2O/c25-19-13-11-18(12-14-19)22-21(17-9-5-2-6-10-17)23-15-20(24-22)16-7-3-1-4-8-16/h1-15,25H. The molecule has 0 bridgehead atoms.